The van der Waals surface area contributed by atoms with Gasteiger partial charge in [0.1, 0.15) is 0 Å². The second-order valence-electron chi connectivity index (χ2n) is 8.00. The first-order valence-corrected chi connectivity index (χ1v) is 13.9. The van der Waals surface area contributed by atoms with Crippen LogP contribution in [-0.4, -0.2) is 85.8 Å². The molecular formula is C25H30N4O8S. The summed E-state index contributed by atoms with van der Waals surface area (Å²) in [4.78, 5) is 47.2. The van der Waals surface area contributed by atoms with Gasteiger partial charge in [-0.15, -0.1) is 0 Å². The quantitative estimate of drug-likeness (QED) is 0.394. The van der Waals surface area contributed by atoms with Crippen molar-refractivity contribution in [3.05, 3.63) is 60.1 Å². The minimum atomic E-state index is -3.87. The second kappa shape index (κ2) is 13.6. The minimum Gasteiger partial charge on any atom is -0.435 e. The van der Waals surface area contributed by atoms with E-state index in [9.17, 15) is 22.8 Å². The third-order valence-corrected chi connectivity index (χ3v) is 6.85. The molecule has 1 aliphatic rings. The van der Waals surface area contributed by atoms with Crippen LogP contribution in [0.4, 0.5) is 4.79 Å². The van der Waals surface area contributed by atoms with Crippen LogP contribution in [0.3, 0.4) is 0 Å². The van der Waals surface area contributed by atoms with Crippen molar-refractivity contribution in [1.29, 1.82) is 0 Å². The van der Waals surface area contributed by atoms with E-state index in [0.717, 1.165) is 0 Å². The highest BCUT2D eigenvalue weighted by Crippen LogP contribution is 2.13. The first-order chi connectivity index (χ1) is 18.3. The van der Waals surface area contributed by atoms with E-state index in [1.165, 1.54) is 11.1 Å². The number of fused-ring (bicyclic) bond motifs is 1. The summed E-state index contributed by atoms with van der Waals surface area (Å²) in [5.74, 6) is -2.96. The molecule has 1 N–H and O–H groups in total. The number of morpholine rings is 1. The topological polar surface area (TPSA) is 158 Å². The van der Waals surface area contributed by atoms with Gasteiger partial charge >= 0.3 is 6.09 Å². The monoisotopic (exact) mass is 546 g/mol. The minimum absolute atomic E-state index is 0.233. The number of amides is 2. The predicted octanol–water partition coefficient (Wildman–Crippen LogP) is 2.00. The summed E-state index contributed by atoms with van der Waals surface area (Å²) < 4.78 is 41.5. The molecule has 0 unspecified atom stereocenters. The lowest BCUT2D eigenvalue weighted by atomic mass is 10.2. The van der Waals surface area contributed by atoms with Crippen molar-refractivity contribution in [2.75, 3.05) is 38.6 Å². The van der Waals surface area contributed by atoms with E-state index in [-0.39, 0.29) is 30.4 Å². The van der Waals surface area contributed by atoms with E-state index in [1.807, 2.05) is 13.8 Å². The molecular weight excluding hydrogens is 516 g/mol. The number of ether oxygens (including phenoxy) is 2. The molecule has 1 fully saturated rings. The molecule has 38 heavy (non-hydrogen) atoms. The van der Waals surface area contributed by atoms with Crippen molar-refractivity contribution in [3.63, 3.8) is 0 Å². The third kappa shape index (κ3) is 8.08. The Kier molecular flexibility index (Phi) is 10.3. The van der Waals surface area contributed by atoms with E-state index >= 15 is 0 Å². The van der Waals surface area contributed by atoms with Gasteiger partial charge in [0.15, 0.2) is 27.2 Å². The molecule has 1 saturated heterocycles. The van der Waals surface area contributed by atoms with Crippen molar-refractivity contribution in [2.45, 2.75) is 25.7 Å². The van der Waals surface area contributed by atoms with Crippen LogP contribution >= 0.6 is 0 Å². The maximum absolute atomic E-state index is 12.9. The molecule has 2 amide bonds. The highest BCUT2D eigenvalue weighted by atomic mass is 32.2. The van der Waals surface area contributed by atoms with Crippen LogP contribution in [0.5, 0.6) is 0 Å². The predicted molar refractivity (Wildman–Crippen MR) is 137 cm³/mol. The molecule has 1 atom stereocenters. The number of oxazole rings is 1. The van der Waals surface area contributed by atoms with Crippen LogP contribution in [0.2, 0.25) is 0 Å². The van der Waals surface area contributed by atoms with Crippen molar-refractivity contribution in [1.82, 2.24) is 20.2 Å². The highest BCUT2D eigenvalue weighted by molar-refractivity contribution is 7.90. The van der Waals surface area contributed by atoms with Crippen LogP contribution in [0.15, 0.2) is 53.1 Å². The molecule has 4 rings (SSSR count). The summed E-state index contributed by atoms with van der Waals surface area (Å²) in [5, 5.41) is 2.33. The Morgan fingerprint density at radius 3 is 2.47 bits per heavy atom. The van der Waals surface area contributed by atoms with E-state index < -0.39 is 46.0 Å². The van der Waals surface area contributed by atoms with Crippen LogP contribution in [0.1, 0.15) is 30.1 Å². The Hall–Kier alpha value is -3.84. The fraction of sp³-hybridized carbons (Fsp3) is 0.400. The summed E-state index contributed by atoms with van der Waals surface area (Å²) in [7, 11) is -3.87. The Bertz CT molecular complexity index is 1300. The summed E-state index contributed by atoms with van der Waals surface area (Å²) in [6.07, 6.45) is -1.03. The molecule has 1 aromatic carbocycles. The first-order valence-electron chi connectivity index (χ1n) is 12.1. The summed E-state index contributed by atoms with van der Waals surface area (Å²) >= 11 is 0. The molecule has 0 spiro atoms. The zero-order valence-corrected chi connectivity index (χ0v) is 22.0. The van der Waals surface area contributed by atoms with Gasteiger partial charge < -0.3 is 24.1 Å². The van der Waals surface area contributed by atoms with Gasteiger partial charge in [0.25, 0.3) is 11.8 Å². The van der Waals surface area contributed by atoms with E-state index in [2.05, 4.69) is 15.3 Å². The van der Waals surface area contributed by atoms with Crippen LogP contribution < -0.4 is 5.32 Å². The molecule has 0 saturated carbocycles. The number of nitrogens with zero attached hydrogens (tertiary/aromatic N) is 3. The lowest BCUT2D eigenvalue weighted by Gasteiger charge is -2.28. The fourth-order valence-electron chi connectivity index (χ4n) is 3.47. The standard InChI is InChI=1S/C23H24N4O8S.C2H6/c28-17(22-26-20-18(34-22)7-4-8-24-20)13-25-21(29)19(35-23(30)27-9-11-33-12-10-27)15-36(31,32)14-16-5-2-1-3-6-16;1-2/h1-8,19H,9-15H2,(H,25,29);1-2H3/t19-;/m0./s1. The number of hydrogen-bond donors (Lipinski definition) is 1. The molecule has 0 radical (unpaired) electrons. The largest absolute Gasteiger partial charge is 0.435 e. The molecule has 3 heterocycles. The Morgan fingerprint density at radius 2 is 1.79 bits per heavy atom. The van der Waals surface area contributed by atoms with Gasteiger partial charge in [-0.05, 0) is 17.7 Å². The number of sulfone groups is 1. The van der Waals surface area contributed by atoms with Gasteiger partial charge in [0, 0.05) is 19.3 Å². The van der Waals surface area contributed by atoms with Gasteiger partial charge in [0.2, 0.25) is 5.78 Å². The average Bonchev–Trinajstić information content (AvgIpc) is 3.37. The fourth-order valence-corrected chi connectivity index (χ4v) is 4.97. The number of ketones is 1. The average molecular weight is 547 g/mol. The highest BCUT2D eigenvalue weighted by Gasteiger charge is 2.32. The lowest BCUT2D eigenvalue weighted by molar-refractivity contribution is -0.129. The maximum atomic E-state index is 12.9. The number of carbonyl (C=O) groups is 3. The normalized spacial score (nSPS) is 14.2. The summed E-state index contributed by atoms with van der Waals surface area (Å²) in [5.41, 5.74) is 1.06. The number of carbonyl (C=O) groups excluding carboxylic acids is 3. The van der Waals surface area contributed by atoms with Crippen molar-refractivity contribution < 1.29 is 36.7 Å². The maximum Gasteiger partial charge on any atom is 0.410 e. The Morgan fingerprint density at radius 1 is 1.08 bits per heavy atom. The molecule has 204 valence electrons. The van der Waals surface area contributed by atoms with E-state index in [0.29, 0.717) is 24.4 Å². The van der Waals surface area contributed by atoms with Gasteiger partial charge in [-0.3, -0.25) is 9.59 Å². The van der Waals surface area contributed by atoms with Gasteiger partial charge in [0.05, 0.1) is 31.3 Å². The number of hydrogen-bond acceptors (Lipinski definition) is 10. The number of pyridine rings is 1. The lowest BCUT2D eigenvalue weighted by Crippen LogP contribution is -2.48. The molecule has 1 aliphatic heterocycles. The number of aromatic nitrogens is 2. The second-order valence-corrected chi connectivity index (χ2v) is 10.1. The van der Waals surface area contributed by atoms with Gasteiger partial charge in [-0.25, -0.2) is 18.2 Å². The number of benzene rings is 1. The first kappa shape index (κ1) is 28.7. The number of rotatable bonds is 9. The number of nitrogens with one attached hydrogen (secondary N) is 1. The van der Waals surface area contributed by atoms with Gasteiger partial charge in [-0.2, -0.15) is 4.98 Å². The molecule has 12 nitrogen and oxygen atoms in total. The molecule has 13 heteroatoms. The smallest absolute Gasteiger partial charge is 0.410 e. The Labute approximate surface area is 220 Å². The zero-order valence-electron chi connectivity index (χ0n) is 21.2. The van der Waals surface area contributed by atoms with Gasteiger partial charge in [-0.1, -0.05) is 44.2 Å². The van der Waals surface area contributed by atoms with E-state index in [1.54, 1.807) is 42.5 Å². The zero-order chi connectivity index (χ0) is 27.5. The van der Waals surface area contributed by atoms with E-state index in [4.69, 9.17) is 13.9 Å². The van der Waals surface area contributed by atoms with Crippen molar-refractivity contribution in [3.8, 4) is 0 Å². The van der Waals surface area contributed by atoms with Crippen molar-refractivity contribution in [2.24, 2.45) is 0 Å². The van der Waals surface area contributed by atoms with Crippen LogP contribution in [0.25, 0.3) is 11.2 Å². The van der Waals surface area contributed by atoms with Crippen LogP contribution in [-0.2, 0) is 29.9 Å². The summed E-state index contributed by atoms with van der Waals surface area (Å²) in [6.45, 7) is 4.54. The number of Topliss-reactive ketones (excluding diaryl/α,β-unsaturated/α-hetero) is 1. The molecule has 0 bridgehead atoms. The van der Waals surface area contributed by atoms with Crippen LogP contribution in [0, 0.1) is 0 Å². The third-order valence-electron chi connectivity index (χ3n) is 5.27. The molecule has 2 aromatic heterocycles. The summed E-state index contributed by atoms with van der Waals surface area (Å²) in [6, 6.07) is 11.6. The molecule has 3 aromatic rings. The Balaban J connectivity index is 0.00000195. The van der Waals surface area contributed by atoms with Crippen molar-refractivity contribution >= 4 is 38.9 Å². The SMILES string of the molecule is CC.O=C(CNC(=O)[C@H](CS(=O)(=O)Cc1ccccc1)OC(=O)N1CCOCC1)c1nc2ncccc2o1. The molecule has 0 aliphatic carbocycles.